The molecule has 0 aliphatic heterocycles. The van der Waals surface area contributed by atoms with Crippen molar-refractivity contribution in [2.45, 2.75) is 44.2 Å². The maximum absolute atomic E-state index is 11.0. The van der Waals surface area contributed by atoms with Crippen LogP contribution in [-0.4, -0.2) is 29.8 Å². The fourth-order valence-corrected chi connectivity index (χ4v) is 1.77. The number of nitrogens with one attached hydrogen (secondary N) is 2. The smallest absolute Gasteiger partial charge is 0.314 e. The summed E-state index contributed by atoms with van der Waals surface area (Å²) in [5.74, 6) is 0. The fourth-order valence-electron chi connectivity index (χ4n) is 1.77. The van der Waals surface area contributed by atoms with Gasteiger partial charge in [-0.05, 0) is 19.8 Å². The Balaban J connectivity index is 2.51. The molecule has 0 aromatic rings. The van der Waals surface area contributed by atoms with Crippen molar-refractivity contribution in [2.75, 3.05) is 7.05 Å². The van der Waals surface area contributed by atoms with Crippen LogP contribution >= 0.6 is 0 Å². The van der Waals surface area contributed by atoms with Crippen molar-refractivity contribution in [3.63, 3.8) is 0 Å². The summed E-state index contributed by atoms with van der Waals surface area (Å²) in [6.07, 6.45) is 3.74. The van der Waals surface area contributed by atoms with Crippen molar-refractivity contribution < 1.29 is 9.90 Å². The maximum atomic E-state index is 11.0. The van der Waals surface area contributed by atoms with Gasteiger partial charge in [-0.25, -0.2) is 4.79 Å². The standard InChI is InChI=1S/C9H18N2O2/c1-9(13)6-4-3-5-7(9)11-8(12)10-2/h7,13H,3-6H2,1-2H3,(H2,10,11,12). The Hall–Kier alpha value is -0.770. The van der Waals surface area contributed by atoms with E-state index in [1.165, 1.54) is 0 Å². The van der Waals surface area contributed by atoms with Crippen molar-refractivity contribution in [1.29, 1.82) is 0 Å². The average Bonchev–Trinajstić information content (AvgIpc) is 2.08. The number of carbonyl (C=O) groups is 1. The predicted octanol–water partition coefficient (Wildman–Crippen LogP) is 0.609. The topological polar surface area (TPSA) is 61.4 Å². The second-order valence-corrected chi connectivity index (χ2v) is 3.88. The van der Waals surface area contributed by atoms with Gasteiger partial charge in [0.2, 0.25) is 0 Å². The number of aliphatic hydroxyl groups is 1. The molecule has 4 heteroatoms. The molecule has 1 aliphatic rings. The summed E-state index contributed by atoms with van der Waals surface area (Å²) in [5.41, 5.74) is -0.745. The highest BCUT2D eigenvalue weighted by atomic mass is 16.3. The van der Waals surface area contributed by atoms with E-state index < -0.39 is 5.60 Å². The normalized spacial score (nSPS) is 33.9. The molecule has 3 N–H and O–H groups in total. The third-order valence-electron chi connectivity index (χ3n) is 2.71. The van der Waals surface area contributed by atoms with E-state index in [9.17, 15) is 9.90 Å². The number of carbonyl (C=O) groups excluding carboxylic acids is 1. The first-order valence-corrected chi connectivity index (χ1v) is 4.77. The molecule has 76 valence electrons. The molecule has 1 rings (SSSR count). The number of urea groups is 1. The highest BCUT2D eigenvalue weighted by Crippen LogP contribution is 2.27. The Labute approximate surface area is 78.7 Å². The van der Waals surface area contributed by atoms with Crippen LogP contribution in [0.3, 0.4) is 0 Å². The van der Waals surface area contributed by atoms with Gasteiger partial charge in [0.15, 0.2) is 0 Å². The maximum Gasteiger partial charge on any atom is 0.314 e. The number of hydrogen-bond donors (Lipinski definition) is 3. The van der Waals surface area contributed by atoms with Crippen LogP contribution in [-0.2, 0) is 0 Å². The molecule has 2 atom stereocenters. The molecule has 0 heterocycles. The molecule has 2 unspecified atom stereocenters. The fraction of sp³-hybridized carbons (Fsp3) is 0.889. The Morgan fingerprint density at radius 3 is 2.77 bits per heavy atom. The van der Waals surface area contributed by atoms with Gasteiger partial charge in [-0.1, -0.05) is 12.8 Å². The predicted molar refractivity (Wildman–Crippen MR) is 50.5 cm³/mol. The highest BCUT2D eigenvalue weighted by molar-refractivity contribution is 5.73. The summed E-state index contributed by atoms with van der Waals surface area (Å²) in [5, 5.41) is 15.2. The molecule has 1 saturated carbocycles. The third-order valence-corrected chi connectivity index (χ3v) is 2.71. The largest absolute Gasteiger partial charge is 0.388 e. The molecular weight excluding hydrogens is 168 g/mol. The summed E-state index contributed by atoms with van der Waals surface area (Å²) in [7, 11) is 1.58. The van der Waals surface area contributed by atoms with Gasteiger partial charge in [-0.2, -0.15) is 0 Å². The number of rotatable bonds is 1. The minimum absolute atomic E-state index is 0.110. The first-order chi connectivity index (χ1) is 6.06. The van der Waals surface area contributed by atoms with Crippen molar-refractivity contribution in [3.05, 3.63) is 0 Å². The zero-order valence-corrected chi connectivity index (χ0v) is 8.26. The SMILES string of the molecule is CNC(=O)NC1CCCCC1(C)O. The van der Waals surface area contributed by atoms with Crippen LogP contribution in [0.4, 0.5) is 4.79 Å². The van der Waals surface area contributed by atoms with E-state index in [2.05, 4.69) is 10.6 Å². The van der Waals surface area contributed by atoms with Crippen molar-refractivity contribution in [1.82, 2.24) is 10.6 Å². The molecule has 0 bridgehead atoms. The summed E-state index contributed by atoms with van der Waals surface area (Å²) in [4.78, 5) is 11.0. The Morgan fingerprint density at radius 1 is 1.54 bits per heavy atom. The Bertz CT molecular complexity index is 192. The molecule has 0 aromatic heterocycles. The second kappa shape index (κ2) is 3.96. The zero-order chi connectivity index (χ0) is 9.90. The zero-order valence-electron chi connectivity index (χ0n) is 8.26. The van der Waals surface area contributed by atoms with Gasteiger partial charge >= 0.3 is 6.03 Å². The van der Waals surface area contributed by atoms with Crippen molar-refractivity contribution in [2.24, 2.45) is 0 Å². The van der Waals surface area contributed by atoms with E-state index in [1.807, 2.05) is 0 Å². The molecule has 1 aliphatic carbocycles. The molecular formula is C9H18N2O2. The van der Waals surface area contributed by atoms with Gasteiger partial charge in [-0.15, -0.1) is 0 Å². The molecule has 0 spiro atoms. The quantitative estimate of drug-likeness (QED) is 0.562. The van der Waals surface area contributed by atoms with Crippen molar-refractivity contribution in [3.8, 4) is 0 Å². The lowest BCUT2D eigenvalue weighted by molar-refractivity contribution is -0.00590. The van der Waals surface area contributed by atoms with Gasteiger partial charge in [0.25, 0.3) is 0 Å². The van der Waals surface area contributed by atoms with E-state index in [0.29, 0.717) is 0 Å². The Morgan fingerprint density at radius 2 is 2.23 bits per heavy atom. The van der Waals surface area contributed by atoms with Gasteiger partial charge in [-0.3, -0.25) is 0 Å². The molecule has 0 saturated heterocycles. The minimum Gasteiger partial charge on any atom is -0.388 e. The second-order valence-electron chi connectivity index (χ2n) is 3.88. The summed E-state index contributed by atoms with van der Waals surface area (Å²) in [6.45, 7) is 1.78. The van der Waals surface area contributed by atoms with E-state index in [-0.39, 0.29) is 12.1 Å². The average molecular weight is 186 g/mol. The van der Waals surface area contributed by atoms with E-state index in [0.717, 1.165) is 25.7 Å². The summed E-state index contributed by atoms with van der Waals surface area (Å²) >= 11 is 0. The first-order valence-electron chi connectivity index (χ1n) is 4.77. The lowest BCUT2D eigenvalue weighted by Crippen LogP contribution is -2.54. The van der Waals surface area contributed by atoms with Gasteiger partial charge in [0, 0.05) is 7.05 Å². The van der Waals surface area contributed by atoms with Crippen LogP contribution in [0, 0.1) is 0 Å². The van der Waals surface area contributed by atoms with Crippen LogP contribution < -0.4 is 10.6 Å². The van der Waals surface area contributed by atoms with Crippen LogP contribution in [0.25, 0.3) is 0 Å². The first kappa shape index (κ1) is 10.3. The van der Waals surface area contributed by atoms with Crippen LogP contribution in [0.2, 0.25) is 0 Å². The van der Waals surface area contributed by atoms with E-state index in [1.54, 1.807) is 14.0 Å². The van der Waals surface area contributed by atoms with E-state index >= 15 is 0 Å². The van der Waals surface area contributed by atoms with Crippen LogP contribution in [0.15, 0.2) is 0 Å². The number of amides is 2. The number of hydrogen-bond acceptors (Lipinski definition) is 2. The molecule has 1 fully saturated rings. The molecule has 0 aromatic carbocycles. The molecule has 4 nitrogen and oxygen atoms in total. The van der Waals surface area contributed by atoms with Crippen LogP contribution in [0.5, 0.6) is 0 Å². The molecule has 0 radical (unpaired) electrons. The van der Waals surface area contributed by atoms with Gasteiger partial charge in [0.05, 0.1) is 11.6 Å². The summed E-state index contributed by atoms with van der Waals surface area (Å²) in [6, 6.07) is -0.326. The summed E-state index contributed by atoms with van der Waals surface area (Å²) < 4.78 is 0. The lowest BCUT2D eigenvalue weighted by Gasteiger charge is -2.37. The monoisotopic (exact) mass is 186 g/mol. The van der Waals surface area contributed by atoms with Crippen LogP contribution in [0.1, 0.15) is 32.6 Å². The van der Waals surface area contributed by atoms with Crippen molar-refractivity contribution >= 4 is 6.03 Å². The van der Waals surface area contributed by atoms with Gasteiger partial charge in [0.1, 0.15) is 0 Å². The van der Waals surface area contributed by atoms with Gasteiger partial charge < -0.3 is 15.7 Å². The van der Waals surface area contributed by atoms with E-state index in [4.69, 9.17) is 0 Å². The Kier molecular flexibility index (Phi) is 3.14. The third kappa shape index (κ3) is 2.59. The molecule has 13 heavy (non-hydrogen) atoms. The molecule has 2 amide bonds. The lowest BCUT2D eigenvalue weighted by atomic mass is 9.82. The minimum atomic E-state index is -0.745. The highest BCUT2D eigenvalue weighted by Gasteiger charge is 2.35.